The van der Waals surface area contributed by atoms with E-state index >= 15 is 0 Å². The SMILES string of the molecule is C/C(=N/NC(=O)Cc1csc(N2CCOCC2)n1)c1cccc(N)c1. The van der Waals surface area contributed by atoms with Crippen molar-refractivity contribution in [3.63, 3.8) is 0 Å². The van der Waals surface area contributed by atoms with E-state index in [1.807, 2.05) is 36.6 Å². The van der Waals surface area contributed by atoms with Gasteiger partial charge in [0.1, 0.15) is 0 Å². The molecule has 0 bridgehead atoms. The molecule has 132 valence electrons. The van der Waals surface area contributed by atoms with Crippen LogP contribution in [0.15, 0.2) is 34.7 Å². The first kappa shape index (κ1) is 17.4. The second-order valence-electron chi connectivity index (χ2n) is 5.76. The van der Waals surface area contributed by atoms with Gasteiger partial charge in [-0.25, -0.2) is 10.4 Å². The molecule has 1 aromatic heterocycles. The van der Waals surface area contributed by atoms with Crippen LogP contribution in [-0.4, -0.2) is 42.9 Å². The van der Waals surface area contributed by atoms with Crippen molar-refractivity contribution in [3.8, 4) is 0 Å². The van der Waals surface area contributed by atoms with Crippen LogP contribution in [0.4, 0.5) is 10.8 Å². The molecule has 2 heterocycles. The average molecular weight is 359 g/mol. The summed E-state index contributed by atoms with van der Waals surface area (Å²) in [4.78, 5) is 18.8. The van der Waals surface area contributed by atoms with Gasteiger partial charge in [-0.15, -0.1) is 11.3 Å². The maximum atomic E-state index is 12.1. The lowest BCUT2D eigenvalue weighted by molar-refractivity contribution is -0.120. The molecule has 8 heteroatoms. The summed E-state index contributed by atoms with van der Waals surface area (Å²) < 4.78 is 5.34. The minimum absolute atomic E-state index is 0.193. The summed E-state index contributed by atoms with van der Waals surface area (Å²) >= 11 is 1.55. The number of nitrogens with one attached hydrogen (secondary N) is 1. The molecule has 1 amide bonds. The van der Waals surface area contributed by atoms with Crippen LogP contribution in [0.2, 0.25) is 0 Å². The Balaban J connectivity index is 1.55. The average Bonchev–Trinajstić information content (AvgIpc) is 3.09. The van der Waals surface area contributed by atoms with Crippen molar-refractivity contribution in [2.45, 2.75) is 13.3 Å². The number of ether oxygens (including phenoxy) is 1. The van der Waals surface area contributed by atoms with Crippen LogP contribution in [0.25, 0.3) is 0 Å². The monoisotopic (exact) mass is 359 g/mol. The van der Waals surface area contributed by atoms with Gasteiger partial charge in [0.05, 0.1) is 31.0 Å². The Bertz CT molecular complexity index is 768. The number of hydrogen-bond acceptors (Lipinski definition) is 7. The summed E-state index contributed by atoms with van der Waals surface area (Å²) in [6, 6.07) is 7.38. The second kappa shape index (κ2) is 8.09. The van der Waals surface area contributed by atoms with E-state index in [0.29, 0.717) is 24.6 Å². The van der Waals surface area contributed by atoms with Gasteiger partial charge in [0.15, 0.2) is 5.13 Å². The second-order valence-corrected chi connectivity index (χ2v) is 6.59. The van der Waals surface area contributed by atoms with E-state index in [1.54, 1.807) is 11.3 Å². The fourth-order valence-electron chi connectivity index (χ4n) is 2.46. The van der Waals surface area contributed by atoms with Crippen LogP contribution in [0.3, 0.4) is 0 Å². The molecule has 1 saturated heterocycles. The van der Waals surface area contributed by atoms with Crippen molar-refractivity contribution >= 4 is 33.8 Å². The molecule has 2 aromatic rings. The Morgan fingerprint density at radius 3 is 3.00 bits per heavy atom. The molecule has 0 atom stereocenters. The van der Waals surface area contributed by atoms with E-state index in [0.717, 1.165) is 29.5 Å². The number of rotatable bonds is 5. The smallest absolute Gasteiger partial charge is 0.246 e. The van der Waals surface area contributed by atoms with Crippen molar-refractivity contribution < 1.29 is 9.53 Å². The van der Waals surface area contributed by atoms with Gasteiger partial charge in [0.25, 0.3) is 0 Å². The number of carbonyl (C=O) groups is 1. The molecule has 0 saturated carbocycles. The third-order valence-corrected chi connectivity index (χ3v) is 4.77. The minimum atomic E-state index is -0.193. The molecule has 0 radical (unpaired) electrons. The van der Waals surface area contributed by atoms with Gasteiger partial charge >= 0.3 is 0 Å². The highest BCUT2D eigenvalue weighted by atomic mass is 32.1. The van der Waals surface area contributed by atoms with Crippen molar-refractivity contribution in [1.82, 2.24) is 10.4 Å². The zero-order chi connectivity index (χ0) is 17.6. The molecule has 0 aliphatic carbocycles. The standard InChI is InChI=1S/C17H21N5O2S/c1-12(13-3-2-4-14(18)9-13)20-21-16(23)10-15-11-25-17(19-15)22-5-7-24-8-6-22/h2-4,9,11H,5-8,10,18H2,1H3,(H,21,23)/b20-12-. The molecule has 7 nitrogen and oxygen atoms in total. The zero-order valence-electron chi connectivity index (χ0n) is 14.1. The number of thiazole rings is 1. The van der Waals surface area contributed by atoms with Gasteiger partial charge in [-0.3, -0.25) is 4.79 Å². The number of hydrogen-bond donors (Lipinski definition) is 2. The van der Waals surface area contributed by atoms with Crippen LogP contribution < -0.4 is 16.1 Å². The molecule has 0 spiro atoms. The van der Waals surface area contributed by atoms with Crippen LogP contribution in [-0.2, 0) is 16.0 Å². The van der Waals surface area contributed by atoms with Gasteiger partial charge in [-0.2, -0.15) is 5.10 Å². The van der Waals surface area contributed by atoms with Gasteiger partial charge in [0, 0.05) is 24.2 Å². The molecular formula is C17H21N5O2S. The lowest BCUT2D eigenvalue weighted by Crippen LogP contribution is -2.36. The molecule has 1 aliphatic rings. The molecule has 0 unspecified atom stereocenters. The maximum absolute atomic E-state index is 12.1. The highest BCUT2D eigenvalue weighted by molar-refractivity contribution is 7.13. The van der Waals surface area contributed by atoms with Gasteiger partial charge < -0.3 is 15.4 Å². The number of benzene rings is 1. The number of amides is 1. The minimum Gasteiger partial charge on any atom is -0.399 e. The molecule has 3 rings (SSSR count). The van der Waals surface area contributed by atoms with Crippen LogP contribution in [0.1, 0.15) is 18.2 Å². The lowest BCUT2D eigenvalue weighted by atomic mass is 10.1. The first-order chi connectivity index (χ1) is 12.1. The number of nitrogens with two attached hydrogens (primary N) is 1. The zero-order valence-corrected chi connectivity index (χ0v) is 14.9. The van der Waals surface area contributed by atoms with E-state index in [-0.39, 0.29) is 12.3 Å². The Morgan fingerprint density at radius 1 is 1.44 bits per heavy atom. The van der Waals surface area contributed by atoms with Crippen molar-refractivity contribution in [2.75, 3.05) is 36.9 Å². The predicted molar refractivity (Wildman–Crippen MR) is 100 cm³/mol. The third-order valence-electron chi connectivity index (χ3n) is 3.82. The van der Waals surface area contributed by atoms with Crippen LogP contribution >= 0.6 is 11.3 Å². The molecular weight excluding hydrogens is 338 g/mol. The van der Waals surface area contributed by atoms with Crippen LogP contribution in [0, 0.1) is 0 Å². The topological polar surface area (TPSA) is 92.8 Å². The molecule has 1 fully saturated rings. The Morgan fingerprint density at radius 2 is 2.24 bits per heavy atom. The van der Waals surface area contributed by atoms with E-state index in [4.69, 9.17) is 10.5 Å². The predicted octanol–water partition coefficient (Wildman–Crippen LogP) is 1.64. The number of aromatic nitrogens is 1. The Kier molecular flexibility index (Phi) is 5.62. The normalized spacial score (nSPS) is 15.2. The highest BCUT2D eigenvalue weighted by Gasteiger charge is 2.15. The van der Waals surface area contributed by atoms with Crippen molar-refractivity contribution in [1.29, 1.82) is 0 Å². The largest absolute Gasteiger partial charge is 0.399 e. The summed E-state index contributed by atoms with van der Waals surface area (Å²) in [6.07, 6.45) is 0.203. The number of anilines is 2. The van der Waals surface area contributed by atoms with Gasteiger partial charge in [0.2, 0.25) is 5.91 Å². The van der Waals surface area contributed by atoms with E-state index in [1.165, 1.54) is 0 Å². The summed E-state index contributed by atoms with van der Waals surface area (Å²) in [7, 11) is 0. The highest BCUT2D eigenvalue weighted by Crippen LogP contribution is 2.21. The first-order valence-corrected chi connectivity index (χ1v) is 8.96. The quantitative estimate of drug-likeness (QED) is 0.481. The fourth-order valence-corrected chi connectivity index (χ4v) is 3.33. The maximum Gasteiger partial charge on any atom is 0.246 e. The summed E-state index contributed by atoms with van der Waals surface area (Å²) in [5, 5.41) is 6.99. The number of hydrazone groups is 1. The number of carbonyl (C=O) groups excluding carboxylic acids is 1. The molecule has 1 aliphatic heterocycles. The van der Waals surface area contributed by atoms with Gasteiger partial charge in [-0.05, 0) is 24.6 Å². The summed E-state index contributed by atoms with van der Waals surface area (Å²) in [5.41, 5.74) is 11.3. The van der Waals surface area contributed by atoms with E-state index in [2.05, 4.69) is 20.4 Å². The molecule has 3 N–H and O–H groups in total. The number of nitrogen functional groups attached to an aromatic ring is 1. The summed E-state index contributed by atoms with van der Waals surface area (Å²) in [5.74, 6) is -0.193. The Hall–Kier alpha value is -2.45. The Labute approximate surface area is 150 Å². The van der Waals surface area contributed by atoms with Crippen LogP contribution in [0.5, 0.6) is 0 Å². The van der Waals surface area contributed by atoms with Crippen molar-refractivity contribution in [2.24, 2.45) is 5.10 Å². The first-order valence-electron chi connectivity index (χ1n) is 8.08. The number of nitrogens with zero attached hydrogens (tertiary/aromatic N) is 3. The van der Waals surface area contributed by atoms with E-state index in [9.17, 15) is 4.79 Å². The number of morpholine rings is 1. The lowest BCUT2D eigenvalue weighted by Gasteiger charge is -2.26. The molecule has 25 heavy (non-hydrogen) atoms. The summed E-state index contributed by atoms with van der Waals surface area (Å²) in [6.45, 7) is 4.93. The third kappa shape index (κ3) is 4.77. The van der Waals surface area contributed by atoms with Gasteiger partial charge in [-0.1, -0.05) is 12.1 Å². The van der Waals surface area contributed by atoms with Crippen molar-refractivity contribution in [3.05, 3.63) is 40.9 Å². The molecule has 1 aromatic carbocycles. The fraction of sp³-hybridized carbons (Fsp3) is 0.353. The van der Waals surface area contributed by atoms with E-state index < -0.39 is 0 Å².